The maximum atomic E-state index is 4.11. The van der Waals surface area contributed by atoms with Gasteiger partial charge in [0.25, 0.3) is 0 Å². The molecule has 0 radical (unpaired) electrons. The van der Waals surface area contributed by atoms with Crippen LogP contribution in [0, 0.1) is 0 Å². The van der Waals surface area contributed by atoms with Gasteiger partial charge in [0.1, 0.15) is 0 Å². The van der Waals surface area contributed by atoms with E-state index in [1.807, 2.05) is 18.7 Å². The van der Waals surface area contributed by atoms with Crippen molar-refractivity contribution in [2.24, 2.45) is 0 Å². The van der Waals surface area contributed by atoms with E-state index >= 15 is 0 Å². The number of aromatic nitrogens is 2. The van der Waals surface area contributed by atoms with E-state index in [0.717, 1.165) is 0 Å². The topological polar surface area (TPSA) is 17.8 Å². The number of nitrogens with zero attached hydrogens (tertiary/aromatic N) is 2. The highest BCUT2D eigenvalue weighted by atomic mass is 15.0. The zero-order chi connectivity index (χ0) is 11.7. The second-order valence-corrected chi connectivity index (χ2v) is 4.25. The van der Waals surface area contributed by atoms with E-state index in [1.165, 1.54) is 16.3 Å². The van der Waals surface area contributed by atoms with Gasteiger partial charge in [-0.2, -0.15) is 0 Å². The molecular formula is C15H14N2. The SMILES string of the molecule is CC(c1cccc2ccccc12)n1ccnc1. The highest BCUT2D eigenvalue weighted by Crippen LogP contribution is 2.26. The molecule has 0 bridgehead atoms. The van der Waals surface area contributed by atoms with Crippen LogP contribution in [0.25, 0.3) is 10.8 Å². The summed E-state index contributed by atoms with van der Waals surface area (Å²) in [6.45, 7) is 2.20. The molecule has 1 atom stereocenters. The molecule has 0 aliphatic rings. The van der Waals surface area contributed by atoms with Crippen LogP contribution in [0.4, 0.5) is 0 Å². The predicted octanol–water partition coefficient (Wildman–Crippen LogP) is 3.65. The molecule has 2 aromatic carbocycles. The minimum atomic E-state index is 0.309. The Bertz CT molecular complexity index is 621. The fourth-order valence-electron chi connectivity index (χ4n) is 2.27. The summed E-state index contributed by atoms with van der Waals surface area (Å²) in [6, 6.07) is 15.3. The van der Waals surface area contributed by atoms with Crippen molar-refractivity contribution in [2.75, 3.05) is 0 Å². The summed E-state index contributed by atoms with van der Waals surface area (Å²) in [5, 5.41) is 2.60. The summed E-state index contributed by atoms with van der Waals surface area (Å²) >= 11 is 0. The molecule has 2 nitrogen and oxygen atoms in total. The number of fused-ring (bicyclic) bond motifs is 1. The third-order valence-electron chi connectivity index (χ3n) is 3.25. The summed E-state index contributed by atoms with van der Waals surface area (Å²) < 4.78 is 2.13. The summed E-state index contributed by atoms with van der Waals surface area (Å²) in [5.41, 5.74) is 1.33. The van der Waals surface area contributed by atoms with Gasteiger partial charge in [-0.1, -0.05) is 42.5 Å². The van der Waals surface area contributed by atoms with Crippen LogP contribution in [0.15, 0.2) is 61.2 Å². The lowest BCUT2D eigenvalue weighted by Gasteiger charge is -2.15. The van der Waals surface area contributed by atoms with E-state index in [1.54, 1.807) is 0 Å². The molecule has 0 amide bonds. The average Bonchev–Trinajstić information content (AvgIpc) is 2.91. The van der Waals surface area contributed by atoms with Crippen LogP contribution in [-0.2, 0) is 0 Å². The van der Waals surface area contributed by atoms with Gasteiger partial charge in [-0.15, -0.1) is 0 Å². The van der Waals surface area contributed by atoms with Crippen molar-refractivity contribution in [3.05, 3.63) is 66.7 Å². The van der Waals surface area contributed by atoms with Crippen LogP contribution in [-0.4, -0.2) is 9.55 Å². The summed E-state index contributed by atoms with van der Waals surface area (Å²) in [6.07, 6.45) is 5.69. The molecule has 0 fully saturated rings. The Morgan fingerprint density at radius 3 is 2.71 bits per heavy atom. The third-order valence-corrected chi connectivity index (χ3v) is 3.25. The van der Waals surface area contributed by atoms with Crippen molar-refractivity contribution >= 4 is 10.8 Å². The first kappa shape index (κ1) is 10.1. The van der Waals surface area contributed by atoms with Crippen LogP contribution in [0.1, 0.15) is 18.5 Å². The Hall–Kier alpha value is -2.09. The minimum absolute atomic E-state index is 0.309. The second kappa shape index (κ2) is 4.06. The molecule has 1 unspecified atom stereocenters. The molecule has 0 saturated heterocycles. The Morgan fingerprint density at radius 2 is 1.88 bits per heavy atom. The molecule has 1 aromatic heterocycles. The van der Waals surface area contributed by atoms with E-state index in [-0.39, 0.29) is 0 Å². The van der Waals surface area contributed by atoms with Crippen molar-refractivity contribution in [1.29, 1.82) is 0 Å². The van der Waals surface area contributed by atoms with Crippen LogP contribution in [0.2, 0.25) is 0 Å². The number of rotatable bonds is 2. The van der Waals surface area contributed by atoms with Gasteiger partial charge in [-0.3, -0.25) is 0 Å². The van der Waals surface area contributed by atoms with Gasteiger partial charge in [0.15, 0.2) is 0 Å². The third kappa shape index (κ3) is 1.72. The number of benzene rings is 2. The van der Waals surface area contributed by atoms with Crippen molar-refractivity contribution in [3.8, 4) is 0 Å². The van der Waals surface area contributed by atoms with Gasteiger partial charge in [-0.05, 0) is 23.3 Å². The molecule has 0 N–H and O–H groups in total. The lowest BCUT2D eigenvalue weighted by atomic mass is 10.00. The first-order chi connectivity index (χ1) is 8.36. The molecule has 1 heterocycles. The number of hydrogen-bond donors (Lipinski definition) is 0. The number of imidazole rings is 1. The Balaban J connectivity index is 2.17. The van der Waals surface area contributed by atoms with Crippen LogP contribution in [0.5, 0.6) is 0 Å². The summed E-state index contributed by atoms with van der Waals surface area (Å²) in [5.74, 6) is 0. The van der Waals surface area contributed by atoms with Crippen LogP contribution >= 0.6 is 0 Å². The van der Waals surface area contributed by atoms with Gasteiger partial charge in [0.05, 0.1) is 12.4 Å². The average molecular weight is 222 g/mol. The lowest BCUT2D eigenvalue weighted by Crippen LogP contribution is -2.04. The number of hydrogen-bond acceptors (Lipinski definition) is 1. The largest absolute Gasteiger partial charge is 0.330 e. The molecule has 0 aliphatic heterocycles. The Morgan fingerprint density at radius 1 is 1.06 bits per heavy atom. The minimum Gasteiger partial charge on any atom is -0.330 e. The molecule has 2 heteroatoms. The molecule has 0 saturated carbocycles. The first-order valence-corrected chi connectivity index (χ1v) is 5.81. The fourth-order valence-corrected chi connectivity index (χ4v) is 2.27. The van der Waals surface area contributed by atoms with E-state index < -0.39 is 0 Å². The van der Waals surface area contributed by atoms with E-state index in [4.69, 9.17) is 0 Å². The molecule has 17 heavy (non-hydrogen) atoms. The maximum Gasteiger partial charge on any atom is 0.0951 e. The monoisotopic (exact) mass is 222 g/mol. The van der Waals surface area contributed by atoms with E-state index in [9.17, 15) is 0 Å². The molecule has 84 valence electrons. The molecule has 3 aromatic rings. The smallest absolute Gasteiger partial charge is 0.0951 e. The normalized spacial score (nSPS) is 12.8. The van der Waals surface area contributed by atoms with Crippen molar-refractivity contribution < 1.29 is 0 Å². The molecule has 3 rings (SSSR count). The van der Waals surface area contributed by atoms with Gasteiger partial charge in [0.2, 0.25) is 0 Å². The summed E-state index contributed by atoms with van der Waals surface area (Å²) in [7, 11) is 0. The van der Waals surface area contributed by atoms with Crippen LogP contribution < -0.4 is 0 Å². The highest BCUT2D eigenvalue weighted by Gasteiger charge is 2.09. The van der Waals surface area contributed by atoms with Crippen molar-refractivity contribution in [1.82, 2.24) is 9.55 Å². The molecule has 0 aliphatic carbocycles. The van der Waals surface area contributed by atoms with Crippen molar-refractivity contribution in [3.63, 3.8) is 0 Å². The summed E-state index contributed by atoms with van der Waals surface area (Å²) in [4.78, 5) is 4.11. The highest BCUT2D eigenvalue weighted by molar-refractivity contribution is 5.86. The fraction of sp³-hybridized carbons (Fsp3) is 0.133. The van der Waals surface area contributed by atoms with Crippen LogP contribution in [0.3, 0.4) is 0 Å². The second-order valence-electron chi connectivity index (χ2n) is 4.25. The van der Waals surface area contributed by atoms with E-state index in [2.05, 4.69) is 58.9 Å². The Kier molecular flexibility index (Phi) is 2.41. The van der Waals surface area contributed by atoms with E-state index in [0.29, 0.717) is 6.04 Å². The first-order valence-electron chi connectivity index (χ1n) is 5.81. The molecular weight excluding hydrogens is 208 g/mol. The Labute approximate surface area is 101 Å². The zero-order valence-electron chi connectivity index (χ0n) is 9.75. The van der Waals surface area contributed by atoms with Gasteiger partial charge < -0.3 is 4.57 Å². The van der Waals surface area contributed by atoms with Gasteiger partial charge in [0, 0.05) is 12.4 Å². The lowest BCUT2D eigenvalue weighted by molar-refractivity contribution is 0.643. The standard InChI is InChI=1S/C15H14N2/c1-12(17-10-9-16-11-17)14-8-4-6-13-5-2-3-7-15(13)14/h2-12H,1H3. The molecule has 0 spiro atoms. The zero-order valence-corrected chi connectivity index (χ0v) is 9.75. The quantitative estimate of drug-likeness (QED) is 0.647. The van der Waals surface area contributed by atoms with Gasteiger partial charge in [-0.25, -0.2) is 4.98 Å². The maximum absolute atomic E-state index is 4.11. The van der Waals surface area contributed by atoms with Gasteiger partial charge >= 0.3 is 0 Å². The van der Waals surface area contributed by atoms with Crippen molar-refractivity contribution in [2.45, 2.75) is 13.0 Å². The predicted molar refractivity (Wildman–Crippen MR) is 70.0 cm³/mol.